The Morgan fingerprint density at radius 3 is 2.96 bits per heavy atom. The summed E-state index contributed by atoms with van der Waals surface area (Å²) in [4.78, 5) is 17.0. The van der Waals surface area contributed by atoms with Crippen molar-refractivity contribution in [3.63, 3.8) is 0 Å². The molecule has 24 heavy (non-hydrogen) atoms. The number of nitrogens with zero attached hydrogens (tertiary/aromatic N) is 2. The Morgan fingerprint density at radius 2 is 2.04 bits per heavy atom. The molecule has 1 atom stereocenters. The number of carbonyl (C=O) groups is 1. The van der Waals surface area contributed by atoms with E-state index in [0.717, 1.165) is 34.6 Å². The standard InChI is InChI=1S/C19H19N3O2/c1-13-20-16-7-3-4-8-17(16)22(13)11-19(23)21-15-10-14-6-2-5-9-18(14)24-12-15/h2-9,15H,10-12H2,1H3,(H,21,23)/t15-/m0/s1. The van der Waals surface area contributed by atoms with E-state index in [9.17, 15) is 4.79 Å². The third kappa shape index (κ3) is 2.73. The fraction of sp³-hybridized carbons (Fsp3) is 0.263. The normalized spacial score (nSPS) is 16.5. The SMILES string of the molecule is Cc1nc2ccccc2n1CC(=O)N[C@@H]1COc2ccccc2C1. The van der Waals surface area contributed by atoms with Crippen LogP contribution < -0.4 is 10.1 Å². The minimum atomic E-state index is -0.0192. The minimum Gasteiger partial charge on any atom is -0.491 e. The van der Waals surface area contributed by atoms with Gasteiger partial charge in [-0.1, -0.05) is 30.3 Å². The molecule has 1 aliphatic rings. The highest BCUT2D eigenvalue weighted by molar-refractivity contribution is 5.81. The first kappa shape index (κ1) is 14.8. The fourth-order valence-corrected chi connectivity index (χ4v) is 3.23. The number of amides is 1. The zero-order valence-corrected chi connectivity index (χ0v) is 13.5. The molecule has 0 aliphatic carbocycles. The maximum absolute atomic E-state index is 12.5. The molecule has 1 aliphatic heterocycles. The lowest BCUT2D eigenvalue weighted by Crippen LogP contribution is -2.44. The lowest BCUT2D eigenvalue weighted by Gasteiger charge is -2.26. The number of para-hydroxylation sites is 3. The van der Waals surface area contributed by atoms with E-state index in [1.165, 1.54) is 0 Å². The molecule has 0 radical (unpaired) electrons. The lowest BCUT2D eigenvalue weighted by molar-refractivity contribution is -0.122. The molecular formula is C19H19N3O2. The van der Waals surface area contributed by atoms with Gasteiger partial charge in [0.2, 0.25) is 5.91 Å². The second kappa shape index (κ2) is 6.00. The number of aryl methyl sites for hydroxylation is 1. The minimum absolute atomic E-state index is 0.00231. The fourth-order valence-electron chi connectivity index (χ4n) is 3.23. The number of hydrogen-bond donors (Lipinski definition) is 1. The zero-order chi connectivity index (χ0) is 16.5. The van der Waals surface area contributed by atoms with Gasteiger partial charge in [-0.2, -0.15) is 0 Å². The average Bonchev–Trinajstić information content (AvgIpc) is 2.90. The van der Waals surface area contributed by atoms with Crippen LogP contribution in [0.2, 0.25) is 0 Å². The van der Waals surface area contributed by atoms with Crippen molar-refractivity contribution < 1.29 is 9.53 Å². The summed E-state index contributed by atoms with van der Waals surface area (Å²) in [6, 6.07) is 15.8. The van der Waals surface area contributed by atoms with E-state index >= 15 is 0 Å². The van der Waals surface area contributed by atoms with Crippen LogP contribution in [0.25, 0.3) is 11.0 Å². The highest BCUT2D eigenvalue weighted by atomic mass is 16.5. The highest BCUT2D eigenvalue weighted by Gasteiger charge is 2.21. The predicted molar refractivity (Wildman–Crippen MR) is 92.0 cm³/mol. The Hall–Kier alpha value is -2.82. The maximum atomic E-state index is 12.5. The van der Waals surface area contributed by atoms with Gasteiger partial charge in [-0.3, -0.25) is 4.79 Å². The van der Waals surface area contributed by atoms with E-state index in [2.05, 4.69) is 10.3 Å². The summed E-state index contributed by atoms with van der Waals surface area (Å²) in [5, 5.41) is 3.08. The Labute approximate surface area is 140 Å². The monoisotopic (exact) mass is 321 g/mol. The van der Waals surface area contributed by atoms with Gasteiger partial charge in [-0.25, -0.2) is 4.98 Å². The molecule has 2 heterocycles. The van der Waals surface area contributed by atoms with Gasteiger partial charge in [0.1, 0.15) is 24.7 Å². The van der Waals surface area contributed by atoms with Crippen LogP contribution in [0.5, 0.6) is 5.75 Å². The Kier molecular flexibility index (Phi) is 3.69. The summed E-state index contributed by atoms with van der Waals surface area (Å²) in [5.74, 6) is 1.74. The van der Waals surface area contributed by atoms with E-state index in [1.54, 1.807) is 0 Å². The van der Waals surface area contributed by atoms with Crippen LogP contribution in [-0.2, 0) is 17.8 Å². The molecule has 0 spiro atoms. The van der Waals surface area contributed by atoms with Crippen LogP contribution in [0.15, 0.2) is 48.5 Å². The van der Waals surface area contributed by atoms with Crippen molar-refractivity contribution in [3.8, 4) is 5.75 Å². The molecule has 0 fully saturated rings. The van der Waals surface area contributed by atoms with E-state index in [0.29, 0.717) is 6.61 Å². The third-order valence-electron chi connectivity index (χ3n) is 4.39. The van der Waals surface area contributed by atoms with Gasteiger partial charge in [0, 0.05) is 0 Å². The number of rotatable bonds is 3. The molecule has 2 aromatic carbocycles. The van der Waals surface area contributed by atoms with Crippen molar-refractivity contribution in [2.24, 2.45) is 0 Å². The number of fused-ring (bicyclic) bond motifs is 2. The summed E-state index contributed by atoms with van der Waals surface area (Å²) < 4.78 is 7.68. The number of hydrogen-bond acceptors (Lipinski definition) is 3. The topological polar surface area (TPSA) is 56.2 Å². The van der Waals surface area contributed by atoms with Gasteiger partial charge in [-0.05, 0) is 37.1 Å². The summed E-state index contributed by atoms with van der Waals surface area (Å²) in [6.45, 7) is 2.70. The molecule has 0 saturated heterocycles. The quantitative estimate of drug-likeness (QED) is 0.806. The second-order valence-electron chi connectivity index (χ2n) is 6.12. The van der Waals surface area contributed by atoms with Gasteiger partial charge in [0.25, 0.3) is 0 Å². The smallest absolute Gasteiger partial charge is 0.240 e. The van der Waals surface area contributed by atoms with Crippen molar-refractivity contribution in [2.75, 3.05) is 6.61 Å². The molecule has 1 aromatic heterocycles. The Morgan fingerprint density at radius 1 is 1.25 bits per heavy atom. The van der Waals surface area contributed by atoms with E-state index in [4.69, 9.17) is 4.74 Å². The molecule has 1 amide bonds. The molecular weight excluding hydrogens is 302 g/mol. The first-order chi connectivity index (χ1) is 11.7. The number of ether oxygens (including phenoxy) is 1. The number of benzene rings is 2. The van der Waals surface area contributed by atoms with E-state index in [1.807, 2.05) is 60.0 Å². The van der Waals surface area contributed by atoms with Gasteiger partial charge < -0.3 is 14.6 Å². The van der Waals surface area contributed by atoms with Crippen LogP contribution in [0.3, 0.4) is 0 Å². The van der Waals surface area contributed by atoms with Crippen LogP contribution in [-0.4, -0.2) is 28.1 Å². The molecule has 5 nitrogen and oxygen atoms in total. The summed E-state index contributed by atoms with van der Waals surface area (Å²) in [5.41, 5.74) is 3.03. The van der Waals surface area contributed by atoms with Crippen molar-refractivity contribution in [1.82, 2.24) is 14.9 Å². The summed E-state index contributed by atoms with van der Waals surface area (Å²) in [7, 11) is 0. The van der Waals surface area contributed by atoms with Gasteiger partial charge in [0.15, 0.2) is 0 Å². The first-order valence-corrected chi connectivity index (χ1v) is 8.12. The number of imidazole rings is 1. The largest absolute Gasteiger partial charge is 0.491 e. The summed E-state index contributed by atoms with van der Waals surface area (Å²) in [6.07, 6.45) is 0.797. The predicted octanol–water partition coefficient (Wildman–Crippen LogP) is 2.46. The molecule has 3 aromatic rings. The number of nitrogens with one attached hydrogen (secondary N) is 1. The number of carbonyl (C=O) groups excluding carboxylic acids is 1. The molecule has 0 saturated carbocycles. The van der Waals surface area contributed by atoms with Crippen molar-refractivity contribution >= 4 is 16.9 Å². The first-order valence-electron chi connectivity index (χ1n) is 8.12. The van der Waals surface area contributed by atoms with Crippen LogP contribution in [0.1, 0.15) is 11.4 Å². The van der Waals surface area contributed by atoms with Gasteiger partial charge >= 0.3 is 0 Å². The third-order valence-corrected chi connectivity index (χ3v) is 4.39. The molecule has 0 bridgehead atoms. The molecule has 1 N–H and O–H groups in total. The van der Waals surface area contributed by atoms with Crippen molar-refractivity contribution in [1.29, 1.82) is 0 Å². The van der Waals surface area contributed by atoms with Crippen LogP contribution in [0.4, 0.5) is 0 Å². The molecule has 122 valence electrons. The lowest BCUT2D eigenvalue weighted by atomic mass is 10.0. The molecule has 4 rings (SSSR count). The highest BCUT2D eigenvalue weighted by Crippen LogP contribution is 2.24. The molecule has 5 heteroatoms. The van der Waals surface area contributed by atoms with E-state index < -0.39 is 0 Å². The number of aromatic nitrogens is 2. The second-order valence-corrected chi connectivity index (χ2v) is 6.12. The van der Waals surface area contributed by atoms with Crippen molar-refractivity contribution in [2.45, 2.75) is 25.9 Å². The molecule has 0 unspecified atom stereocenters. The van der Waals surface area contributed by atoms with Crippen molar-refractivity contribution in [3.05, 3.63) is 59.9 Å². The Balaban J connectivity index is 1.46. The van der Waals surface area contributed by atoms with Crippen LogP contribution >= 0.6 is 0 Å². The maximum Gasteiger partial charge on any atom is 0.240 e. The average molecular weight is 321 g/mol. The van der Waals surface area contributed by atoms with Gasteiger partial charge in [-0.15, -0.1) is 0 Å². The van der Waals surface area contributed by atoms with Gasteiger partial charge in [0.05, 0.1) is 17.1 Å². The summed E-state index contributed by atoms with van der Waals surface area (Å²) >= 11 is 0. The Bertz CT molecular complexity index is 901. The van der Waals surface area contributed by atoms with E-state index in [-0.39, 0.29) is 18.5 Å². The zero-order valence-electron chi connectivity index (χ0n) is 13.5. The van der Waals surface area contributed by atoms with Crippen LogP contribution in [0, 0.1) is 6.92 Å².